The van der Waals surface area contributed by atoms with Crippen molar-refractivity contribution in [2.24, 2.45) is 0 Å². The molecule has 0 atom stereocenters. The third kappa shape index (κ3) is 4.42. The lowest BCUT2D eigenvalue weighted by Crippen LogP contribution is -2.11. The SMILES string of the molecule is c1ccc(-c2ccc(N(c3ccc4c5ccccc5n(-c5ccccc5)c4c3)c3cc4c(cn3)oc3ccc5ccccc5c34)cc2)cc1. The number of hydrogen-bond acceptors (Lipinski definition) is 3. The second-order valence-corrected chi connectivity index (χ2v) is 12.4. The third-order valence-electron chi connectivity index (χ3n) is 9.62. The van der Waals surface area contributed by atoms with Crippen LogP contribution in [0.2, 0.25) is 0 Å². The Hall–Kier alpha value is -6.65. The zero-order valence-corrected chi connectivity index (χ0v) is 26.5. The van der Waals surface area contributed by atoms with Gasteiger partial charge in [0.1, 0.15) is 11.4 Å². The van der Waals surface area contributed by atoms with E-state index in [4.69, 9.17) is 9.40 Å². The fourth-order valence-electron chi connectivity index (χ4n) is 7.36. The molecular formula is C45H29N3O. The lowest BCUT2D eigenvalue weighted by Gasteiger charge is -2.25. The first kappa shape index (κ1) is 27.5. The molecule has 49 heavy (non-hydrogen) atoms. The first-order valence-electron chi connectivity index (χ1n) is 16.5. The second-order valence-electron chi connectivity index (χ2n) is 12.4. The Morgan fingerprint density at radius 1 is 0.469 bits per heavy atom. The molecule has 0 amide bonds. The summed E-state index contributed by atoms with van der Waals surface area (Å²) in [5.74, 6) is 0.817. The van der Waals surface area contributed by atoms with Crippen LogP contribution in [0, 0.1) is 0 Å². The predicted molar refractivity (Wildman–Crippen MR) is 203 cm³/mol. The molecule has 4 heteroatoms. The van der Waals surface area contributed by atoms with Crippen molar-refractivity contribution in [3.05, 3.63) is 176 Å². The van der Waals surface area contributed by atoms with Crippen molar-refractivity contribution in [3.63, 3.8) is 0 Å². The summed E-state index contributed by atoms with van der Waals surface area (Å²) in [7, 11) is 0. The van der Waals surface area contributed by atoms with E-state index in [1.54, 1.807) is 0 Å². The Morgan fingerprint density at radius 3 is 1.98 bits per heavy atom. The van der Waals surface area contributed by atoms with Crippen LogP contribution < -0.4 is 4.90 Å². The highest BCUT2D eigenvalue weighted by atomic mass is 16.3. The van der Waals surface area contributed by atoms with Gasteiger partial charge in [-0.25, -0.2) is 4.98 Å². The standard InChI is InChI=1S/C45H29N3O/c1-3-11-30(12-4-1)31-19-22-34(23-20-31)47(44-28-39-43(29-46-44)49-42-26-21-32-13-7-8-16-36(32)45(39)42)35-24-25-38-37-17-9-10-18-40(37)48(41(38)27-35)33-14-5-2-6-15-33/h1-29H. The van der Waals surface area contributed by atoms with Gasteiger partial charge in [-0.15, -0.1) is 0 Å². The second kappa shape index (κ2) is 11.0. The first-order valence-corrected chi connectivity index (χ1v) is 16.5. The van der Waals surface area contributed by atoms with Crippen molar-refractivity contribution < 1.29 is 4.42 Å². The molecule has 7 aromatic carbocycles. The van der Waals surface area contributed by atoms with Crippen LogP contribution in [0.15, 0.2) is 180 Å². The summed E-state index contributed by atoms with van der Waals surface area (Å²) in [5.41, 5.74) is 9.46. The summed E-state index contributed by atoms with van der Waals surface area (Å²) in [6.45, 7) is 0. The zero-order valence-electron chi connectivity index (χ0n) is 26.5. The van der Waals surface area contributed by atoms with Gasteiger partial charge in [-0.05, 0) is 76.5 Å². The highest BCUT2D eigenvalue weighted by molar-refractivity contribution is 6.19. The number of aromatic nitrogens is 2. The Labute approximate surface area is 282 Å². The fraction of sp³-hybridized carbons (Fsp3) is 0. The van der Waals surface area contributed by atoms with Crippen molar-refractivity contribution in [2.45, 2.75) is 0 Å². The smallest absolute Gasteiger partial charge is 0.153 e. The average molecular weight is 628 g/mol. The minimum atomic E-state index is 0.772. The minimum Gasteiger partial charge on any atom is -0.454 e. The van der Waals surface area contributed by atoms with E-state index >= 15 is 0 Å². The highest BCUT2D eigenvalue weighted by Gasteiger charge is 2.20. The largest absolute Gasteiger partial charge is 0.454 e. The lowest BCUT2D eigenvalue weighted by molar-refractivity contribution is 0.667. The van der Waals surface area contributed by atoms with Crippen LogP contribution in [-0.2, 0) is 0 Å². The van der Waals surface area contributed by atoms with Crippen molar-refractivity contribution >= 4 is 71.7 Å². The van der Waals surface area contributed by atoms with Gasteiger partial charge in [0, 0.05) is 38.6 Å². The van der Waals surface area contributed by atoms with E-state index in [1.165, 1.54) is 38.2 Å². The number of anilines is 3. The minimum absolute atomic E-state index is 0.772. The third-order valence-corrected chi connectivity index (χ3v) is 9.62. The molecule has 10 aromatic rings. The summed E-state index contributed by atoms with van der Waals surface area (Å²) in [6, 6.07) is 60.1. The van der Waals surface area contributed by atoms with E-state index in [0.29, 0.717) is 0 Å². The first-order chi connectivity index (χ1) is 24.3. The molecule has 0 saturated heterocycles. The highest BCUT2D eigenvalue weighted by Crippen LogP contribution is 2.42. The number of hydrogen-bond donors (Lipinski definition) is 0. The summed E-state index contributed by atoms with van der Waals surface area (Å²) >= 11 is 0. The molecule has 0 aliphatic carbocycles. The van der Waals surface area contributed by atoms with Crippen molar-refractivity contribution in [1.29, 1.82) is 0 Å². The molecule has 230 valence electrons. The van der Waals surface area contributed by atoms with Gasteiger partial charge >= 0.3 is 0 Å². The number of benzene rings is 7. The molecule has 4 nitrogen and oxygen atoms in total. The molecule has 0 spiro atoms. The van der Waals surface area contributed by atoms with Gasteiger partial charge < -0.3 is 8.98 Å². The number of furan rings is 1. The molecule has 0 aliphatic rings. The Balaban J connectivity index is 1.22. The molecule has 0 saturated carbocycles. The van der Waals surface area contributed by atoms with Crippen LogP contribution >= 0.6 is 0 Å². The summed E-state index contributed by atoms with van der Waals surface area (Å²) in [4.78, 5) is 7.30. The van der Waals surface area contributed by atoms with Crippen LogP contribution in [0.4, 0.5) is 17.2 Å². The number of rotatable bonds is 5. The normalized spacial score (nSPS) is 11.7. The number of para-hydroxylation sites is 2. The Bertz CT molecular complexity index is 2820. The molecule has 0 N–H and O–H groups in total. The summed E-state index contributed by atoms with van der Waals surface area (Å²) in [6.07, 6.45) is 1.87. The van der Waals surface area contributed by atoms with E-state index in [2.05, 4.69) is 179 Å². The molecule has 0 fully saturated rings. The van der Waals surface area contributed by atoms with Gasteiger partial charge in [0.05, 0.1) is 17.2 Å². The van der Waals surface area contributed by atoms with E-state index in [1.807, 2.05) is 6.20 Å². The summed E-state index contributed by atoms with van der Waals surface area (Å²) in [5, 5.41) is 6.94. The molecule has 0 unspecified atom stereocenters. The van der Waals surface area contributed by atoms with Crippen LogP contribution in [0.5, 0.6) is 0 Å². The van der Waals surface area contributed by atoms with E-state index < -0.39 is 0 Å². The lowest BCUT2D eigenvalue weighted by atomic mass is 10.0. The monoisotopic (exact) mass is 627 g/mol. The van der Waals surface area contributed by atoms with Gasteiger partial charge in [-0.1, -0.05) is 115 Å². The maximum Gasteiger partial charge on any atom is 0.153 e. The van der Waals surface area contributed by atoms with Crippen molar-refractivity contribution in [2.75, 3.05) is 4.90 Å². The van der Waals surface area contributed by atoms with E-state index in [9.17, 15) is 0 Å². The molecular weight excluding hydrogens is 599 g/mol. The topological polar surface area (TPSA) is 34.2 Å². The maximum atomic E-state index is 6.34. The van der Waals surface area contributed by atoms with E-state index in [-0.39, 0.29) is 0 Å². The molecule has 0 radical (unpaired) electrons. The van der Waals surface area contributed by atoms with Crippen LogP contribution in [-0.4, -0.2) is 9.55 Å². The molecule has 3 aromatic heterocycles. The average Bonchev–Trinajstić information content (AvgIpc) is 3.71. The summed E-state index contributed by atoms with van der Waals surface area (Å²) < 4.78 is 8.70. The van der Waals surface area contributed by atoms with Crippen LogP contribution in [0.1, 0.15) is 0 Å². The van der Waals surface area contributed by atoms with Gasteiger partial charge in [0.2, 0.25) is 0 Å². The molecule has 0 bridgehead atoms. The molecule has 3 heterocycles. The number of nitrogens with zero attached hydrogens (tertiary/aromatic N) is 3. The fourth-order valence-corrected chi connectivity index (χ4v) is 7.36. The van der Waals surface area contributed by atoms with Gasteiger partial charge in [0.15, 0.2) is 5.58 Å². The van der Waals surface area contributed by atoms with Gasteiger partial charge in [0.25, 0.3) is 0 Å². The van der Waals surface area contributed by atoms with Gasteiger partial charge in [-0.3, -0.25) is 4.90 Å². The molecule has 10 rings (SSSR count). The maximum absolute atomic E-state index is 6.34. The quantitative estimate of drug-likeness (QED) is 0.190. The number of pyridine rings is 1. The Kier molecular flexibility index (Phi) is 6.15. The number of fused-ring (bicyclic) bond motifs is 8. The van der Waals surface area contributed by atoms with E-state index in [0.717, 1.165) is 50.3 Å². The van der Waals surface area contributed by atoms with Crippen molar-refractivity contribution in [1.82, 2.24) is 9.55 Å². The van der Waals surface area contributed by atoms with Gasteiger partial charge in [-0.2, -0.15) is 0 Å². The van der Waals surface area contributed by atoms with Crippen LogP contribution in [0.25, 0.3) is 71.3 Å². The Morgan fingerprint density at radius 2 is 1.14 bits per heavy atom. The van der Waals surface area contributed by atoms with Crippen molar-refractivity contribution in [3.8, 4) is 16.8 Å². The molecule has 0 aliphatic heterocycles. The zero-order chi connectivity index (χ0) is 32.3. The predicted octanol–water partition coefficient (Wildman–Crippen LogP) is 12.4. The van der Waals surface area contributed by atoms with Crippen LogP contribution in [0.3, 0.4) is 0 Å².